The third-order valence-electron chi connectivity index (χ3n) is 2.47. The van der Waals surface area contributed by atoms with Gasteiger partial charge in [-0.2, -0.15) is 0 Å². The molecule has 0 amide bonds. The smallest absolute Gasteiger partial charge is 0.303 e. The van der Waals surface area contributed by atoms with Gasteiger partial charge in [0.1, 0.15) is 0 Å². The molecule has 0 aliphatic carbocycles. The second-order valence-corrected chi connectivity index (χ2v) is 5.87. The van der Waals surface area contributed by atoms with E-state index in [-0.39, 0.29) is 0 Å². The first-order valence-corrected chi connectivity index (χ1v) is 8.98. The van der Waals surface area contributed by atoms with Gasteiger partial charge in [-0.15, -0.1) is 0 Å². The molecule has 0 aromatic carbocycles. The van der Waals surface area contributed by atoms with Gasteiger partial charge in [-0.25, -0.2) is 4.57 Å². The van der Waals surface area contributed by atoms with Crippen LogP contribution in [0.4, 0.5) is 0 Å². The van der Waals surface area contributed by atoms with Crippen molar-refractivity contribution in [1.82, 2.24) is 0 Å². The second-order valence-electron chi connectivity index (χ2n) is 4.35. The Morgan fingerprint density at radius 3 is 1.33 bits per heavy atom. The maximum absolute atomic E-state index is 8.88. The molecular weight excluding hydrogens is 298 g/mol. The van der Waals surface area contributed by atoms with Gasteiger partial charge in [-0.1, -0.05) is 0 Å². The minimum Gasteiger partial charge on any atom is -0.303 e. The van der Waals surface area contributed by atoms with Crippen molar-refractivity contribution in [2.45, 2.75) is 76.5 Å². The Hall–Kier alpha value is 0.604. The molecule has 18 heavy (non-hydrogen) atoms. The van der Waals surface area contributed by atoms with Crippen molar-refractivity contribution in [3.63, 3.8) is 0 Å². The molecule has 0 bridgehead atoms. The summed E-state index contributed by atoms with van der Waals surface area (Å²) >= 11 is 4.64. The molecule has 0 atom stereocenters. The third kappa shape index (κ3) is 36.0. The van der Waals surface area contributed by atoms with Crippen LogP contribution in [0.1, 0.15) is 71.1 Å². The van der Waals surface area contributed by atoms with Crippen molar-refractivity contribution in [1.29, 1.82) is 0 Å². The summed E-state index contributed by atoms with van der Waals surface area (Å²) in [6, 6.07) is 0. The molecule has 0 saturated carbocycles. The Morgan fingerprint density at radius 1 is 0.778 bits per heavy atom. The fourth-order valence-electron chi connectivity index (χ4n) is 1.57. The molecule has 6 heteroatoms. The Bertz CT molecular complexity index is 178. The summed E-state index contributed by atoms with van der Waals surface area (Å²) in [7, 11) is -4.64. The zero-order chi connectivity index (χ0) is 14.3. The molecule has 0 aromatic heterocycles. The maximum atomic E-state index is 8.88. The maximum Gasteiger partial charge on any atom is 0.466 e. The van der Waals surface area contributed by atoms with Gasteiger partial charge in [-0.05, 0) is 0 Å². The zero-order valence-corrected chi connectivity index (χ0v) is 13.2. The molecule has 0 aromatic rings. The molecule has 0 aliphatic heterocycles. The van der Waals surface area contributed by atoms with Crippen LogP contribution in [0.5, 0.6) is 0 Å². The molecule has 0 saturated heterocycles. The van der Waals surface area contributed by atoms with Crippen LogP contribution in [0, 0.1) is 0 Å². The van der Waals surface area contributed by atoms with E-state index in [9.17, 15) is 0 Å². The van der Waals surface area contributed by atoms with Gasteiger partial charge >= 0.3 is 99.8 Å². The van der Waals surface area contributed by atoms with Gasteiger partial charge in [-0.3, -0.25) is 0 Å². The van der Waals surface area contributed by atoms with Crippen molar-refractivity contribution in [3.05, 3.63) is 0 Å². The van der Waals surface area contributed by atoms with Crippen LogP contribution in [0.15, 0.2) is 0 Å². The van der Waals surface area contributed by atoms with Gasteiger partial charge in [0.05, 0.1) is 0 Å². The molecular formula is C12H28NiO4P. The number of hydrogen-bond acceptors (Lipinski definition) is 1. The normalized spacial score (nSPS) is 11.0. The van der Waals surface area contributed by atoms with E-state index in [1.807, 2.05) is 0 Å². The number of rotatable bonds is 10. The van der Waals surface area contributed by atoms with Crippen molar-refractivity contribution in [3.8, 4) is 0 Å². The molecule has 0 rings (SSSR count). The third-order valence-corrected chi connectivity index (χ3v) is 2.81. The molecule has 0 fully saturated rings. The van der Waals surface area contributed by atoms with Crippen LogP contribution in [0.2, 0.25) is 5.39 Å². The average Bonchev–Trinajstić information content (AvgIpc) is 2.25. The average molecular weight is 326 g/mol. The standard InChI is InChI=1S/C12H25.Ni.H3O4P/c1-3-5-7-9-11-12-10-8-6-4-2;;1-5(2,3)4/h1,3-12H2,2H3;;(H3,1,2,3,4). The van der Waals surface area contributed by atoms with E-state index in [4.69, 9.17) is 19.2 Å². The van der Waals surface area contributed by atoms with Crippen LogP contribution >= 0.6 is 7.82 Å². The molecule has 0 unspecified atom stereocenters. The van der Waals surface area contributed by atoms with E-state index in [1.165, 1.54) is 64.2 Å². The topological polar surface area (TPSA) is 77.8 Å². The quantitative estimate of drug-likeness (QED) is 0.323. The predicted octanol–water partition coefficient (Wildman–Crippen LogP) is 3.94. The monoisotopic (exact) mass is 325 g/mol. The first kappa shape index (κ1) is 20.9. The van der Waals surface area contributed by atoms with Gasteiger partial charge in [0.15, 0.2) is 0 Å². The van der Waals surface area contributed by atoms with Gasteiger partial charge in [0.2, 0.25) is 0 Å². The Morgan fingerprint density at radius 2 is 1.06 bits per heavy atom. The van der Waals surface area contributed by atoms with Gasteiger partial charge in [0.25, 0.3) is 0 Å². The van der Waals surface area contributed by atoms with E-state index in [2.05, 4.69) is 22.4 Å². The fraction of sp³-hybridized carbons (Fsp3) is 1.00. The summed E-state index contributed by atoms with van der Waals surface area (Å²) < 4.78 is 8.88. The first-order chi connectivity index (χ1) is 8.41. The number of hydrogen-bond donors (Lipinski definition) is 3. The Balaban J connectivity index is 0. The molecule has 0 heterocycles. The number of phosphoric acid groups is 1. The minimum absolute atomic E-state index is 0.997. The summed E-state index contributed by atoms with van der Waals surface area (Å²) in [6.45, 7) is 2.27. The molecule has 3 N–H and O–H groups in total. The van der Waals surface area contributed by atoms with Crippen LogP contribution in [0.3, 0.4) is 0 Å². The van der Waals surface area contributed by atoms with Crippen LogP contribution in [-0.2, 0) is 20.0 Å². The fourth-order valence-corrected chi connectivity index (χ4v) is 1.81. The minimum atomic E-state index is -4.64. The molecule has 4 nitrogen and oxygen atoms in total. The van der Waals surface area contributed by atoms with E-state index in [1.54, 1.807) is 0 Å². The Labute approximate surface area is 119 Å². The van der Waals surface area contributed by atoms with Crippen molar-refractivity contribution in [2.24, 2.45) is 0 Å². The van der Waals surface area contributed by atoms with E-state index >= 15 is 0 Å². The summed E-state index contributed by atoms with van der Waals surface area (Å²) in [5.41, 5.74) is 0. The van der Waals surface area contributed by atoms with Crippen molar-refractivity contribution < 1.29 is 34.7 Å². The molecule has 0 aliphatic rings. The number of unbranched alkanes of at least 4 members (excludes halogenated alkanes) is 9. The SMILES string of the molecule is CCCCCCCCCCC[CH2][Ni].O=P(O)(O)O. The summed E-state index contributed by atoms with van der Waals surface area (Å²) in [5.74, 6) is 0. The van der Waals surface area contributed by atoms with Crippen molar-refractivity contribution >= 4 is 7.82 Å². The van der Waals surface area contributed by atoms with E-state index in [0.717, 1.165) is 5.39 Å². The van der Waals surface area contributed by atoms with Gasteiger partial charge < -0.3 is 14.7 Å². The molecule has 115 valence electrons. The largest absolute Gasteiger partial charge is 0.466 e. The summed E-state index contributed by atoms with van der Waals surface area (Å²) in [4.78, 5) is 21.6. The van der Waals surface area contributed by atoms with E-state index < -0.39 is 7.82 Å². The first-order valence-electron chi connectivity index (χ1n) is 6.71. The predicted molar refractivity (Wildman–Crippen MR) is 70.9 cm³/mol. The zero-order valence-electron chi connectivity index (χ0n) is 11.3. The second kappa shape index (κ2) is 15.7. The van der Waals surface area contributed by atoms with Crippen molar-refractivity contribution in [2.75, 3.05) is 0 Å². The molecule has 0 radical (unpaired) electrons. The van der Waals surface area contributed by atoms with Crippen LogP contribution < -0.4 is 0 Å². The van der Waals surface area contributed by atoms with E-state index in [0.29, 0.717) is 0 Å². The summed E-state index contributed by atoms with van der Waals surface area (Å²) in [6.07, 6.45) is 14.1. The Kier molecular flexibility index (Phi) is 18.2. The molecule has 0 spiro atoms. The van der Waals surface area contributed by atoms with Crippen LogP contribution in [-0.4, -0.2) is 14.7 Å². The summed E-state index contributed by atoms with van der Waals surface area (Å²) in [5, 5.41) is 0.997. The van der Waals surface area contributed by atoms with Crippen LogP contribution in [0.25, 0.3) is 0 Å². The van der Waals surface area contributed by atoms with Gasteiger partial charge in [0, 0.05) is 0 Å².